The first-order valence-corrected chi connectivity index (χ1v) is 9.58. The van der Waals surface area contributed by atoms with Crippen LogP contribution in [0.5, 0.6) is 5.75 Å². The van der Waals surface area contributed by atoms with Crippen LogP contribution in [-0.2, 0) is 30.8 Å². The SMILES string of the molecule is CC(=O)N(C)c1cc2c(cc1O)C1(C#N)CCC3(OCCO3)C3=COC(C2)C31. The maximum Gasteiger partial charge on any atom is 0.223 e. The van der Waals surface area contributed by atoms with Crippen molar-refractivity contribution < 1.29 is 24.1 Å². The lowest BCUT2D eigenvalue weighted by molar-refractivity contribution is -0.154. The molecule has 1 saturated carbocycles. The zero-order chi connectivity index (χ0) is 19.7. The summed E-state index contributed by atoms with van der Waals surface area (Å²) in [6, 6.07) is 6.03. The summed E-state index contributed by atoms with van der Waals surface area (Å²) in [5.74, 6) is -1.13. The number of aromatic hydroxyl groups is 1. The van der Waals surface area contributed by atoms with E-state index in [1.54, 1.807) is 19.4 Å². The molecular weight excluding hydrogens is 360 g/mol. The summed E-state index contributed by atoms with van der Waals surface area (Å²) < 4.78 is 17.9. The predicted octanol–water partition coefficient (Wildman–Crippen LogP) is 2.13. The van der Waals surface area contributed by atoms with Gasteiger partial charge in [0, 0.05) is 38.3 Å². The normalized spacial score (nSPS) is 31.4. The minimum Gasteiger partial charge on any atom is -0.506 e. The standard InChI is InChI=1S/C21H22N2O5/c1-12(24)23(2)16-7-13-8-18-19-15(10-26-18)21(27-5-6-28-21)4-3-20(19,11-22)14(13)9-17(16)25/h7,9-10,18-19,25H,3-6,8H2,1-2H3. The van der Waals surface area contributed by atoms with Gasteiger partial charge in [-0.1, -0.05) is 0 Å². The molecule has 28 heavy (non-hydrogen) atoms. The molecule has 2 fully saturated rings. The molecule has 1 spiro atoms. The van der Waals surface area contributed by atoms with Gasteiger partial charge in [-0.05, 0) is 29.7 Å². The molecule has 1 amide bonds. The van der Waals surface area contributed by atoms with Crippen molar-refractivity contribution in [3.63, 3.8) is 0 Å². The summed E-state index contributed by atoms with van der Waals surface area (Å²) >= 11 is 0. The largest absolute Gasteiger partial charge is 0.506 e. The van der Waals surface area contributed by atoms with Crippen molar-refractivity contribution >= 4 is 11.6 Å². The van der Waals surface area contributed by atoms with Crippen LogP contribution in [0.25, 0.3) is 0 Å². The van der Waals surface area contributed by atoms with Gasteiger partial charge in [-0.3, -0.25) is 4.79 Å². The minimum atomic E-state index is -0.814. The number of carbonyl (C=O) groups is 1. The number of phenolic OH excluding ortho intramolecular Hbond substituents is 1. The number of hydrogen-bond donors (Lipinski definition) is 1. The van der Waals surface area contributed by atoms with E-state index in [4.69, 9.17) is 14.2 Å². The molecule has 2 heterocycles. The van der Waals surface area contributed by atoms with Gasteiger partial charge in [-0.25, -0.2) is 0 Å². The second-order valence-electron chi connectivity index (χ2n) is 8.04. The highest BCUT2D eigenvalue weighted by Gasteiger charge is 2.63. The third-order valence-electron chi connectivity index (χ3n) is 6.78. The minimum absolute atomic E-state index is 0.00243. The number of fused-ring (bicyclic) bond motifs is 3. The zero-order valence-corrected chi connectivity index (χ0v) is 15.9. The average Bonchev–Trinajstić information content (AvgIpc) is 3.32. The van der Waals surface area contributed by atoms with E-state index in [1.165, 1.54) is 11.8 Å². The van der Waals surface area contributed by atoms with Gasteiger partial charge in [-0.2, -0.15) is 5.26 Å². The van der Waals surface area contributed by atoms with Crippen LogP contribution in [0.2, 0.25) is 0 Å². The fraction of sp³-hybridized carbons (Fsp3) is 0.524. The fourth-order valence-electron chi connectivity index (χ4n) is 5.36. The van der Waals surface area contributed by atoms with Gasteiger partial charge in [0.1, 0.15) is 11.9 Å². The zero-order valence-electron chi connectivity index (χ0n) is 15.9. The molecule has 0 bridgehead atoms. The summed E-state index contributed by atoms with van der Waals surface area (Å²) in [6.07, 6.45) is 3.25. The Kier molecular flexibility index (Phi) is 3.58. The topological polar surface area (TPSA) is 92.0 Å². The van der Waals surface area contributed by atoms with E-state index >= 15 is 0 Å². The summed E-state index contributed by atoms with van der Waals surface area (Å²) in [5.41, 5.74) is 2.28. The van der Waals surface area contributed by atoms with E-state index in [0.29, 0.717) is 38.2 Å². The maximum atomic E-state index is 11.8. The molecule has 5 rings (SSSR count). The number of benzene rings is 1. The molecule has 2 aliphatic heterocycles. The number of hydrogen-bond acceptors (Lipinski definition) is 6. The van der Waals surface area contributed by atoms with E-state index in [9.17, 15) is 15.2 Å². The number of nitriles is 1. The van der Waals surface area contributed by atoms with Crippen molar-refractivity contribution in [1.29, 1.82) is 5.26 Å². The Bertz CT molecular complexity index is 943. The Morgan fingerprint density at radius 2 is 2.07 bits per heavy atom. The molecule has 1 N–H and O–H groups in total. The highest BCUT2D eigenvalue weighted by Crippen LogP contribution is 2.60. The van der Waals surface area contributed by atoms with Gasteiger partial charge in [0.25, 0.3) is 0 Å². The van der Waals surface area contributed by atoms with Crippen LogP contribution in [-0.4, -0.2) is 43.2 Å². The average molecular weight is 382 g/mol. The van der Waals surface area contributed by atoms with Gasteiger partial charge in [0.15, 0.2) is 5.79 Å². The van der Waals surface area contributed by atoms with Crippen molar-refractivity contribution in [2.45, 2.75) is 43.5 Å². The van der Waals surface area contributed by atoms with Gasteiger partial charge < -0.3 is 24.2 Å². The molecule has 1 aromatic rings. The molecule has 4 aliphatic rings. The van der Waals surface area contributed by atoms with Gasteiger partial charge in [0.05, 0.1) is 36.6 Å². The molecule has 3 unspecified atom stereocenters. The predicted molar refractivity (Wildman–Crippen MR) is 98.5 cm³/mol. The molecule has 1 saturated heterocycles. The number of nitrogens with zero attached hydrogens (tertiary/aromatic N) is 2. The Hall–Kier alpha value is -2.56. The lowest BCUT2D eigenvalue weighted by Gasteiger charge is -2.49. The van der Waals surface area contributed by atoms with Crippen LogP contribution in [0.3, 0.4) is 0 Å². The Morgan fingerprint density at radius 3 is 2.75 bits per heavy atom. The summed E-state index contributed by atoms with van der Waals surface area (Å²) in [7, 11) is 1.63. The number of anilines is 1. The molecule has 2 aliphatic carbocycles. The fourth-order valence-corrected chi connectivity index (χ4v) is 5.36. The van der Waals surface area contributed by atoms with Gasteiger partial charge in [0.2, 0.25) is 5.91 Å². The van der Waals surface area contributed by atoms with Crippen molar-refractivity contribution in [2.24, 2.45) is 5.92 Å². The number of rotatable bonds is 1. The molecule has 0 radical (unpaired) electrons. The van der Waals surface area contributed by atoms with Crippen LogP contribution >= 0.6 is 0 Å². The first-order valence-electron chi connectivity index (χ1n) is 9.58. The smallest absolute Gasteiger partial charge is 0.223 e. The second-order valence-corrected chi connectivity index (χ2v) is 8.04. The third kappa shape index (κ3) is 2.07. The van der Waals surface area contributed by atoms with E-state index in [-0.39, 0.29) is 23.7 Å². The first kappa shape index (κ1) is 17.5. The molecule has 7 nitrogen and oxygen atoms in total. The van der Waals surface area contributed by atoms with Crippen molar-refractivity contribution in [3.8, 4) is 11.8 Å². The molecule has 1 aromatic carbocycles. The lowest BCUT2D eigenvalue weighted by atomic mass is 9.54. The highest BCUT2D eigenvalue weighted by molar-refractivity contribution is 5.92. The maximum absolute atomic E-state index is 11.8. The molecule has 7 heteroatoms. The monoisotopic (exact) mass is 382 g/mol. The summed E-state index contributed by atoms with van der Waals surface area (Å²) in [4.78, 5) is 13.2. The first-order chi connectivity index (χ1) is 13.4. The van der Waals surface area contributed by atoms with Crippen LogP contribution in [0.15, 0.2) is 24.0 Å². The molecule has 0 aromatic heterocycles. The van der Waals surface area contributed by atoms with Crippen LogP contribution in [0.4, 0.5) is 5.69 Å². The van der Waals surface area contributed by atoms with Crippen LogP contribution in [0, 0.1) is 17.2 Å². The van der Waals surface area contributed by atoms with Crippen molar-refractivity contribution in [2.75, 3.05) is 25.2 Å². The number of carbonyl (C=O) groups excluding carboxylic acids is 1. The van der Waals surface area contributed by atoms with Gasteiger partial charge in [-0.15, -0.1) is 0 Å². The summed E-state index contributed by atoms with van der Waals surface area (Å²) in [5, 5.41) is 21.0. The van der Waals surface area contributed by atoms with E-state index in [2.05, 4.69) is 6.07 Å². The number of amides is 1. The highest BCUT2D eigenvalue weighted by atomic mass is 16.7. The van der Waals surface area contributed by atoms with E-state index < -0.39 is 11.2 Å². The lowest BCUT2D eigenvalue weighted by Crippen LogP contribution is -2.54. The van der Waals surface area contributed by atoms with Crippen LogP contribution in [0.1, 0.15) is 30.9 Å². The Morgan fingerprint density at radius 1 is 1.32 bits per heavy atom. The van der Waals surface area contributed by atoms with Crippen molar-refractivity contribution in [1.82, 2.24) is 0 Å². The molecule has 146 valence electrons. The Balaban J connectivity index is 1.65. The molecular formula is C21H22N2O5. The molecule has 3 atom stereocenters. The third-order valence-corrected chi connectivity index (χ3v) is 6.78. The second kappa shape index (κ2) is 5.72. The van der Waals surface area contributed by atoms with Crippen LogP contribution < -0.4 is 4.90 Å². The van der Waals surface area contributed by atoms with E-state index in [0.717, 1.165) is 16.7 Å². The van der Waals surface area contributed by atoms with Crippen molar-refractivity contribution in [3.05, 3.63) is 35.1 Å². The van der Waals surface area contributed by atoms with E-state index in [1.807, 2.05) is 6.07 Å². The number of phenols is 1. The Labute approximate surface area is 163 Å². The summed E-state index contributed by atoms with van der Waals surface area (Å²) in [6.45, 7) is 2.52. The van der Waals surface area contributed by atoms with Gasteiger partial charge >= 0.3 is 0 Å². The quantitative estimate of drug-likeness (QED) is 0.800. The number of ether oxygens (including phenoxy) is 3.